The lowest BCUT2D eigenvalue weighted by Gasteiger charge is -2.22. The zero-order valence-corrected chi connectivity index (χ0v) is 10.4. The quantitative estimate of drug-likeness (QED) is 0.751. The SMILES string of the molecule is Cn1cnc2c(NC3CCC(=O)NC3=O)nccc21. The highest BCUT2D eigenvalue weighted by atomic mass is 16.2. The molecular weight excluding hydrogens is 246 g/mol. The number of rotatable bonds is 2. The number of anilines is 1. The summed E-state index contributed by atoms with van der Waals surface area (Å²) in [4.78, 5) is 31.3. The third-order valence-corrected chi connectivity index (χ3v) is 3.19. The predicted octanol–water partition coefficient (Wildman–Crippen LogP) is 0.185. The zero-order chi connectivity index (χ0) is 13.4. The third kappa shape index (κ3) is 2.03. The summed E-state index contributed by atoms with van der Waals surface area (Å²) in [6.07, 6.45) is 4.16. The number of aromatic nitrogens is 3. The van der Waals surface area contributed by atoms with E-state index in [1.54, 1.807) is 12.5 Å². The summed E-state index contributed by atoms with van der Waals surface area (Å²) >= 11 is 0. The van der Waals surface area contributed by atoms with Crippen LogP contribution in [0, 0.1) is 0 Å². The second-order valence-corrected chi connectivity index (χ2v) is 4.53. The predicted molar refractivity (Wildman–Crippen MR) is 68.3 cm³/mol. The fourth-order valence-electron chi connectivity index (χ4n) is 2.16. The van der Waals surface area contributed by atoms with Crippen molar-refractivity contribution >= 4 is 28.7 Å². The highest BCUT2D eigenvalue weighted by molar-refractivity contribution is 6.02. The minimum Gasteiger partial charge on any atom is -0.357 e. The van der Waals surface area contributed by atoms with E-state index in [1.165, 1.54) is 0 Å². The maximum atomic E-state index is 11.7. The number of carbonyl (C=O) groups excluding carboxylic acids is 2. The molecule has 1 atom stereocenters. The van der Waals surface area contributed by atoms with Crippen LogP contribution in [-0.2, 0) is 16.6 Å². The van der Waals surface area contributed by atoms with Gasteiger partial charge in [-0.1, -0.05) is 0 Å². The molecule has 98 valence electrons. The van der Waals surface area contributed by atoms with Crippen LogP contribution in [0.15, 0.2) is 18.6 Å². The monoisotopic (exact) mass is 259 g/mol. The van der Waals surface area contributed by atoms with Crippen LogP contribution in [0.2, 0.25) is 0 Å². The number of aryl methyl sites for hydroxylation is 1. The summed E-state index contributed by atoms with van der Waals surface area (Å²) in [7, 11) is 1.89. The van der Waals surface area contributed by atoms with Crippen molar-refractivity contribution in [2.45, 2.75) is 18.9 Å². The van der Waals surface area contributed by atoms with Crippen LogP contribution in [0.1, 0.15) is 12.8 Å². The molecule has 1 saturated heterocycles. The molecule has 2 aromatic rings. The zero-order valence-electron chi connectivity index (χ0n) is 10.4. The Balaban J connectivity index is 1.89. The molecule has 3 heterocycles. The molecule has 2 aromatic heterocycles. The number of fused-ring (bicyclic) bond motifs is 1. The van der Waals surface area contributed by atoms with Crippen molar-refractivity contribution in [2.24, 2.45) is 7.05 Å². The van der Waals surface area contributed by atoms with Crippen LogP contribution in [0.5, 0.6) is 0 Å². The Labute approximate surface area is 109 Å². The van der Waals surface area contributed by atoms with Crippen molar-refractivity contribution in [3.63, 3.8) is 0 Å². The maximum Gasteiger partial charge on any atom is 0.249 e. The Morgan fingerprint density at radius 3 is 3.05 bits per heavy atom. The van der Waals surface area contributed by atoms with E-state index >= 15 is 0 Å². The van der Waals surface area contributed by atoms with Gasteiger partial charge in [0.05, 0.1) is 11.8 Å². The second kappa shape index (κ2) is 4.34. The molecule has 0 aliphatic carbocycles. The molecule has 1 unspecified atom stereocenters. The molecule has 7 nitrogen and oxygen atoms in total. The molecule has 0 aromatic carbocycles. The highest BCUT2D eigenvalue weighted by Crippen LogP contribution is 2.20. The number of piperidine rings is 1. The first kappa shape index (κ1) is 11.6. The molecule has 0 spiro atoms. The average Bonchev–Trinajstić information content (AvgIpc) is 2.76. The number of hydrogen-bond donors (Lipinski definition) is 2. The van der Waals surface area contributed by atoms with Crippen molar-refractivity contribution in [1.29, 1.82) is 0 Å². The van der Waals surface area contributed by atoms with E-state index in [0.717, 1.165) is 11.0 Å². The topological polar surface area (TPSA) is 88.9 Å². The minimum atomic E-state index is -0.446. The molecule has 0 bridgehead atoms. The lowest BCUT2D eigenvalue weighted by atomic mass is 10.1. The van der Waals surface area contributed by atoms with Crippen LogP contribution in [0.3, 0.4) is 0 Å². The summed E-state index contributed by atoms with van der Waals surface area (Å²) in [5.74, 6) is 0.0191. The standard InChI is InChI=1S/C12H13N5O2/c1-17-6-14-10-8(17)4-5-13-11(10)15-7-2-3-9(18)16-12(7)19/h4-7H,2-3H2,1H3,(H,13,15)(H,16,18,19). The molecular formula is C12H13N5O2. The molecule has 0 radical (unpaired) electrons. The van der Waals surface area contributed by atoms with E-state index in [1.807, 2.05) is 17.7 Å². The van der Waals surface area contributed by atoms with Crippen molar-refractivity contribution in [1.82, 2.24) is 19.9 Å². The first-order valence-corrected chi connectivity index (χ1v) is 6.01. The van der Waals surface area contributed by atoms with E-state index in [-0.39, 0.29) is 11.8 Å². The van der Waals surface area contributed by atoms with Gasteiger partial charge in [-0.05, 0) is 12.5 Å². The van der Waals surface area contributed by atoms with Crippen LogP contribution >= 0.6 is 0 Å². The van der Waals surface area contributed by atoms with Gasteiger partial charge < -0.3 is 9.88 Å². The summed E-state index contributed by atoms with van der Waals surface area (Å²) in [5, 5.41) is 5.37. The van der Waals surface area contributed by atoms with Crippen molar-refractivity contribution in [2.75, 3.05) is 5.32 Å². The fourth-order valence-corrected chi connectivity index (χ4v) is 2.16. The number of carbonyl (C=O) groups is 2. The van der Waals surface area contributed by atoms with Crippen LogP contribution in [0.4, 0.5) is 5.82 Å². The third-order valence-electron chi connectivity index (χ3n) is 3.19. The molecule has 1 aliphatic heterocycles. The number of amides is 2. The lowest BCUT2D eigenvalue weighted by Crippen LogP contribution is -2.47. The Morgan fingerprint density at radius 1 is 1.42 bits per heavy atom. The van der Waals surface area contributed by atoms with Gasteiger partial charge in [0.15, 0.2) is 5.82 Å². The van der Waals surface area contributed by atoms with Gasteiger partial charge in [-0.15, -0.1) is 0 Å². The Bertz CT molecular complexity index is 663. The van der Waals surface area contributed by atoms with Crippen LogP contribution in [0.25, 0.3) is 11.0 Å². The van der Waals surface area contributed by atoms with Gasteiger partial charge in [-0.2, -0.15) is 0 Å². The van der Waals surface area contributed by atoms with Gasteiger partial charge >= 0.3 is 0 Å². The van der Waals surface area contributed by atoms with E-state index in [2.05, 4.69) is 20.6 Å². The van der Waals surface area contributed by atoms with Gasteiger partial charge in [0.25, 0.3) is 0 Å². The number of nitrogens with zero attached hydrogens (tertiary/aromatic N) is 3. The molecule has 19 heavy (non-hydrogen) atoms. The molecule has 2 N–H and O–H groups in total. The number of nitrogens with one attached hydrogen (secondary N) is 2. The summed E-state index contributed by atoms with van der Waals surface area (Å²) in [6, 6.07) is 1.41. The summed E-state index contributed by atoms with van der Waals surface area (Å²) in [5.41, 5.74) is 1.65. The van der Waals surface area contributed by atoms with Crippen molar-refractivity contribution < 1.29 is 9.59 Å². The fraction of sp³-hybridized carbons (Fsp3) is 0.333. The van der Waals surface area contributed by atoms with E-state index in [0.29, 0.717) is 18.7 Å². The Kier molecular flexibility index (Phi) is 2.66. The maximum absolute atomic E-state index is 11.7. The lowest BCUT2D eigenvalue weighted by molar-refractivity contribution is -0.133. The highest BCUT2D eigenvalue weighted by Gasteiger charge is 2.27. The second-order valence-electron chi connectivity index (χ2n) is 4.53. The summed E-state index contributed by atoms with van der Waals surface area (Å²) in [6.45, 7) is 0. The molecule has 1 fully saturated rings. The van der Waals surface area contributed by atoms with Crippen LogP contribution in [-0.4, -0.2) is 32.4 Å². The molecule has 3 rings (SSSR count). The number of imidazole rings is 1. The van der Waals surface area contributed by atoms with Gasteiger partial charge in [0.1, 0.15) is 11.6 Å². The van der Waals surface area contributed by atoms with Crippen molar-refractivity contribution in [3.05, 3.63) is 18.6 Å². The number of hydrogen-bond acceptors (Lipinski definition) is 5. The molecule has 1 aliphatic rings. The first-order chi connectivity index (χ1) is 9.15. The smallest absolute Gasteiger partial charge is 0.249 e. The van der Waals surface area contributed by atoms with Crippen LogP contribution < -0.4 is 10.6 Å². The van der Waals surface area contributed by atoms with Gasteiger partial charge in [0, 0.05) is 19.7 Å². The van der Waals surface area contributed by atoms with Gasteiger partial charge in [0.2, 0.25) is 11.8 Å². The number of imide groups is 1. The largest absolute Gasteiger partial charge is 0.357 e. The van der Waals surface area contributed by atoms with Gasteiger partial charge in [-0.25, -0.2) is 9.97 Å². The van der Waals surface area contributed by atoms with Crippen molar-refractivity contribution in [3.8, 4) is 0 Å². The molecule has 0 saturated carbocycles. The summed E-state index contributed by atoms with van der Waals surface area (Å²) < 4.78 is 1.88. The van der Waals surface area contributed by atoms with E-state index in [4.69, 9.17) is 0 Å². The van der Waals surface area contributed by atoms with E-state index in [9.17, 15) is 9.59 Å². The first-order valence-electron chi connectivity index (χ1n) is 6.01. The van der Waals surface area contributed by atoms with E-state index < -0.39 is 6.04 Å². The average molecular weight is 259 g/mol. The minimum absolute atomic E-state index is 0.230. The normalized spacial score (nSPS) is 19.5. The Morgan fingerprint density at radius 2 is 2.26 bits per heavy atom. The number of pyridine rings is 1. The Hall–Kier alpha value is -2.44. The molecule has 2 amide bonds. The molecule has 7 heteroatoms. The van der Waals surface area contributed by atoms with Gasteiger partial charge in [-0.3, -0.25) is 14.9 Å².